The van der Waals surface area contributed by atoms with E-state index < -0.39 is 21.7 Å². The lowest BCUT2D eigenvalue weighted by atomic mass is 10.2. The van der Waals surface area contributed by atoms with Crippen LogP contribution < -0.4 is 9.47 Å². The summed E-state index contributed by atoms with van der Waals surface area (Å²) in [5, 5.41) is 2.58. The number of ether oxygens (including phenoxy) is 2. The smallest absolute Gasteiger partial charge is 0.279 e. The molecule has 0 aliphatic carbocycles. The first kappa shape index (κ1) is 20.7. The molecule has 0 unspecified atom stereocenters. The highest BCUT2D eigenvalue weighted by Crippen LogP contribution is 2.26. The Bertz CT molecular complexity index is 1020. The van der Waals surface area contributed by atoms with Crippen molar-refractivity contribution in [2.24, 2.45) is 0 Å². The van der Waals surface area contributed by atoms with Crippen LogP contribution in [0.5, 0.6) is 11.5 Å². The number of hydrogen-bond donors (Lipinski definition) is 0. The van der Waals surface area contributed by atoms with E-state index in [0.717, 1.165) is 6.26 Å². The van der Waals surface area contributed by atoms with Crippen LogP contribution in [0.4, 0.5) is 0 Å². The third kappa shape index (κ3) is 4.51. The minimum atomic E-state index is -3.59. The van der Waals surface area contributed by atoms with Crippen LogP contribution in [0.2, 0.25) is 0 Å². The van der Waals surface area contributed by atoms with E-state index in [4.69, 9.17) is 9.47 Å². The molecule has 29 heavy (non-hydrogen) atoms. The summed E-state index contributed by atoms with van der Waals surface area (Å²) in [4.78, 5) is 25.6. The number of methoxy groups -OCH3 is 1. The lowest BCUT2D eigenvalue weighted by Crippen LogP contribution is -2.47. The van der Waals surface area contributed by atoms with Gasteiger partial charge in [0.25, 0.3) is 11.8 Å². The van der Waals surface area contributed by atoms with Crippen molar-refractivity contribution in [2.75, 3.05) is 33.1 Å². The van der Waals surface area contributed by atoms with Crippen LogP contribution in [-0.2, 0) is 14.6 Å². The highest BCUT2D eigenvalue weighted by atomic mass is 32.2. The minimum absolute atomic E-state index is 0.0420. The van der Waals surface area contributed by atoms with Gasteiger partial charge in [-0.15, -0.1) is 0 Å². The zero-order chi connectivity index (χ0) is 21.0. The van der Waals surface area contributed by atoms with Gasteiger partial charge < -0.3 is 9.47 Å². The molecule has 2 aromatic carbocycles. The van der Waals surface area contributed by atoms with Crippen molar-refractivity contribution in [3.63, 3.8) is 0 Å². The predicted octanol–water partition coefficient (Wildman–Crippen LogP) is 1.77. The maximum Gasteiger partial charge on any atom is 0.279 e. The molecular formula is C20H22N2O6S. The Balaban J connectivity index is 1.76. The maximum absolute atomic E-state index is 13.0. The summed E-state index contributed by atoms with van der Waals surface area (Å²) in [6.45, 7) is 0.385. The van der Waals surface area contributed by atoms with Crippen LogP contribution >= 0.6 is 0 Å². The zero-order valence-electron chi connectivity index (χ0n) is 16.2. The topological polar surface area (TPSA) is 93.2 Å². The summed E-state index contributed by atoms with van der Waals surface area (Å²) in [7, 11) is -2.09. The lowest BCUT2D eigenvalue weighted by Gasteiger charge is -2.28. The number of para-hydroxylation sites is 2. The Kier molecular flexibility index (Phi) is 6.07. The second kappa shape index (κ2) is 8.52. The van der Waals surface area contributed by atoms with E-state index in [1.54, 1.807) is 36.4 Å². The molecule has 0 spiro atoms. The number of hydrazine groups is 1. The molecule has 1 aliphatic rings. The second-order valence-corrected chi connectivity index (χ2v) is 8.49. The fourth-order valence-electron chi connectivity index (χ4n) is 3.14. The predicted molar refractivity (Wildman–Crippen MR) is 105 cm³/mol. The van der Waals surface area contributed by atoms with Crippen LogP contribution in [0.1, 0.15) is 16.8 Å². The number of hydrogen-bond acceptors (Lipinski definition) is 6. The molecule has 0 aromatic heterocycles. The van der Waals surface area contributed by atoms with Crippen molar-refractivity contribution in [1.82, 2.24) is 10.0 Å². The van der Waals surface area contributed by atoms with Crippen molar-refractivity contribution in [3.05, 3.63) is 54.1 Å². The molecular weight excluding hydrogens is 396 g/mol. The highest BCUT2D eigenvalue weighted by Gasteiger charge is 2.33. The van der Waals surface area contributed by atoms with Gasteiger partial charge in [-0.2, -0.15) is 0 Å². The molecule has 1 saturated heterocycles. The zero-order valence-corrected chi connectivity index (χ0v) is 17.0. The van der Waals surface area contributed by atoms with Gasteiger partial charge in [0.2, 0.25) is 0 Å². The molecule has 8 nitrogen and oxygen atoms in total. The number of nitrogens with zero attached hydrogens (tertiary/aromatic N) is 2. The van der Waals surface area contributed by atoms with Crippen molar-refractivity contribution in [3.8, 4) is 11.5 Å². The number of benzene rings is 2. The van der Waals surface area contributed by atoms with Gasteiger partial charge in [-0.05, 0) is 30.7 Å². The molecule has 0 atom stereocenters. The molecule has 1 fully saturated rings. The SMILES string of the molecule is COc1ccccc1OCC(=O)N1CCCN1C(=O)c1ccccc1S(C)(=O)=O. The summed E-state index contributed by atoms with van der Waals surface area (Å²) in [5.74, 6) is -0.0210. The van der Waals surface area contributed by atoms with Crippen molar-refractivity contribution < 1.29 is 27.5 Å². The van der Waals surface area contributed by atoms with E-state index in [9.17, 15) is 18.0 Å². The van der Waals surface area contributed by atoms with Crippen LogP contribution in [-0.4, -0.2) is 63.3 Å². The van der Waals surface area contributed by atoms with Gasteiger partial charge in [-0.1, -0.05) is 24.3 Å². The molecule has 2 amide bonds. The van der Waals surface area contributed by atoms with Gasteiger partial charge in [-0.25, -0.2) is 18.4 Å². The van der Waals surface area contributed by atoms with E-state index in [2.05, 4.69) is 0 Å². The van der Waals surface area contributed by atoms with Crippen LogP contribution in [0.3, 0.4) is 0 Å². The second-order valence-electron chi connectivity index (χ2n) is 6.51. The molecule has 9 heteroatoms. The highest BCUT2D eigenvalue weighted by molar-refractivity contribution is 7.90. The number of rotatable bonds is 6. The van der Waals surface area contributed by atoms with Crippen molar-refractivity contribution in [2.45, 2.75) is 11.3 Å². The molecule has 0 N–H and O–H groups in total. The van der Waals surface area contributed by atoms with Gasteiger partial charge in [0.05, 0.1) is 17.6 Å². The monoisotopic (exact) mass is 418 g/mol. The minimum Gasteiger partial charge on any atom is -0.493 e. The molecule has 2 aromatic rings. The van der Waals surface area contributed by atoms with E-state index in [1.165, 1.54) is 29.3 Å². The molecule has 0 radical (unpaired) electrons. The molecule has 0 saturated carbocycles. The Morgan fingerprint density at radius 3 is 2.28 bits per heavy atom. The molecule has 1 aliphatic heterocycles. The van der Waals surface area contributed by atoms with E-state index >= 15 is 0 Å². The van der Waals surface area contributed by atoms with E-state index in [1.807, 2.05) is 0 Å². The molecule has 154 valence electrons. The third-order valence-electron chi connectivity index (χ3n) is 4.49. The van der Waals surface area contributed by atoms with Gasteiger partial charge in [0, 0.05) is 19.3 Å². The fraction of sp³-hybridized carbons (Fsp3) is 0.300. The molecule has 3 rings (SSSR count). The summed E-state index contributed by atoms with van der Waals surface area (Å²) >= 11 is 0. The number of amides is 2. The summed E-state index contributed by atoms with van der Waals surface area (Å²) in [5.41, 5.74) is 0.0420. The summed E-state index contributed by atoms with van der Waals surface area (Å²) < 4.78 is 34.8. The number of carbonyl (C=O) groups is 2. The Morgan fingerprint density at radius 2 is 1.59 bits per heavy atom. The standard InChI is InChI=1S/C20H22N2O6S/c1-27-16-9-4-5-10-17(16)28-14-19(23)21-12-7-13-22(21)20(24)15-8-3-6-11-18(15)29(2,25)26/h3-6,8-11H,7,12-14H2,1-2H3. The fourth-order valence-corrected chi connectivity index (χ4v) is 4.02. The van der Waals surface area contributed by atoms with Gasteiger partial charge >= 0.3 is 0 Å². The Morgan fingerprint density at radius 1 is 0.966 bits per heavy atom. The Labute approximate surface area is 169 Å². The van der Waals surface area contributed by atoms with E-state index in [-0.39, 0.29) is 17.1 Å². The van der Waals surface area contributed by atoms with Crippen LogP contribution in [0.25, 0.3) is 0 Å². The number of carbonyl (C=O) groups excluding carboxylic acids is 2. The third-order valence-corrected chi connectivity index (χ3v) is 5.65. The van der Waals surface area contributed by atoms with Gasteiger partial charge in [0.15, 0.2) is 27.9 Å². The number of sulfone groups is 1. The first-order valence-corrected chi connectivity index (χ1v) is 10.9. The van der Waals surface area contributed by atoms with E-state index in [0.29, 0.717) is 31.0 Å². The average molecular weight is 418 g/mol. The van der Waals surface area contributed by atoms with Crippen LogP contribution in [0.15, 0.2) is 53.4 Å². The largest absolute Gasteiger partial charge is 0.493 e. The first-order chi connectivity index (χ1) is 13.8. The Hall–Kier alpha value is -3.07. The quantitative estimate of drug-likeness (QED) is 0.710. The van der Waals surface area contributed by atoms with Gasteiger partial charge in [-0.3, -0.25) is 9.59 Å². The maximum atomic E-state index is 13.0. The summed E-state index contributed by atoms with van der Waals surface area (Å²) in [6.07, 6.45) is 1.64. The molecule has 0 bridgehead atoms. The molecule has 1 heterocycles. The van der Waals surface area contributed by atoms with Crippen molar-refractivity contribution >= 4 is 21.7 Å². The van der Waals surface area contributed by atoms with Gasteiger partial charge in [0.1, 0.15) is 0 Å². The van der Waals surface area contributed by atoms with Crippen LogP contribution in [0, 0.1) is 0 Å². The normalized spacial score (nSPS) is 14.0. The van der Waals surface area contributed by atoms with Crippen molar-refractivity contribution in [1.29, 1.82) is 0 Å². The summed E-state index contributed by atoms with van der Waals surface area (Å²) in [6, 6.07) is 12.9. The average Bonchev–Trinajstić information content (AvgIpc) is 3.21. The first-order valence-electron chi connectivity index (χ1n) is 9.00. The lowest BCUT2D eigenvalue weighted by molar-refractivity contribution is -0.142.